The van der Waals surface area contributed by atoms with Gasteiger partial charge in [-0.1, -0.05) is 6.07 Å². The first kappa shape index (κ1) is 20.9. The van der Waals surface area contributed by atoms with Crippen LogP contribution >= 0.6 is 40.7 Å². The molecule has 1 saturated heterocycles. The van der Waals surface area contributed by atoms with E-state index in [1.54, 1.807) is 18.2 Å². The first-order valence-corrected chi connectivity index (χ1v) is 6.89. The Bertz CT molecular complexity index is 428. The van der Waals surface area contributed by atoms with Crippen molar-refractivity contribution in [1.29, 1.82) is 0 Å². The average molecular weight is 411 g/mol. The van der Waals surface area contributed by atoms with E-state index < -0.39 is 18.6 Å². The van der Waals surface area contributed by atoms with Crippen LogP contribution in [0.15, 0.2) is 22.8 Å². The molecule has 0 spiro atoms. The molecule has 1 aromatic rings. The van der Waals surface area contributed by atoms with E-state index in [9.17, 15) is 13.2 Å². The second kappa shape index (κ2) is 9.15. The average Bonchev–Trinajstić information content (AvgIpc) is 2.36. The standard InChI is InChI=1S/C12H15BrF3N3.2ClH/c13-11-3-1-2-9(18-11)10(8-12(14,15)16)19-6-4-17-5-7-19;;/h1-3,10,17H,4-8H2;2*1H/t10-;;/m0../s1. The van der Waals surface area contributed by atoms with Crippen molar-refractivity contribution in [3.8, 4) is 0 Å². The van der Waals surface area contributed by atoms with Gasteiger partial charge in [-0.05, 0) is 28.1 Å². The van der Waals surface area contributed by atoms with Gasteiger partial charge in [0.1, 0.15) is 4.60 Å². The summed E-state index contributed by atoms with van der Waals surface area (Å²) in [5.74, 6) is 0. The maximum Gasteiger partial charge on any atom is 0.391 e. The number of rotatable bonds is 3. The van der Waals surface area contributed by atoms with Crippen LogP contribution in [0.3, 0.4) is 0 Å². The summed E-state index contributed by atoms with van der Waals surface area (Å²) in [4.78, 5) is 6.03. The number of nitrogens with zero attached hydrogens (tertiary/aromatic N) is 2. The molecule has 2 heterocycles. The van der Waals surface area contributed by atoms with Crippen LogP contribution in [-0.2, 0) is 0 Å². The zero-order valence-corrected chi connectivity index (χ0v) is 14.3. The largest absolute Gasteiger partial charge is 0.391 e. The maximum absolute atomic E-state index is 12.8. The Morgan fingerprint density at radius 3 is 2.38 bits per heavy atom. The summed E-state index contributed by atoms with van der Waals surface area (Å²) in [5.41, 5.74) is 0.466. The van der Waals surface area contributed by atoms with Gasteiger partial charge in [0.2, 0.25) is 0 Å². The van der Waals surface area contributed by atoms with Gasteiger partial charge in [-0.25, -0.2) is 4.98 Å². The zero-order valence-electron chi connectivity index (χ0n) is 11.1. The highest BCUT2D eigenvalue weighted by Gasteiger charge is 2.36. The predicted octanol–water partition coefficient (Wildman–Crippen LogP) is 3.59. The van der Waals surface area contributed by atoms with E-state index in [4.69, 9.17) is 0 Å². The number of hydrogen-bond acceptors (Lipinski definition) is 3. The lowest BCUT2D eigenvalue weighted by Gasteiger charge is -2.35. The molecule has 0 aromatic carbocycles. The molecule has 2 rings (SSSR count). The Morgan fingerprint density at radius 2 is 1.86 bits per heavy atom. The molecule has 0 amide bonds. The summed E-state index contributed by atoms with van der Waals surface area (Å²) in [7, 11) is 0. The third kappa shape index (κ3) is 6.69. The molecular weight excluding hydrogens is 394 g/mol. The SMILES string of the molecule is Cl.Cl.FC(F)(F)C[C@@H](c1cccc(Br)n1)N1CCNCC1. The molecule has 0 aliphatic carbocycles. The highest BCUT2D eigenvalue weighted by molar-refractivity contribution is 9.10. The van der Waals surface area contributed by atoms with Crippen molar-refractivity contribution in [1.82, 2.24) is 15.2 Å². The van der Waals surface area contributed by atoms with E-state index in [2.05, 4.69) is 26.2 Å². The lowest BCUT2D eigenvalue weighted by atomic mass is 10.1. The number of aromatic nitrogens is 1. The van der Waals surface area contributed by atoms with Crippen molar-refractivity contribution < 1.29 is 13.2 Å². The van der Waals surface area contributed by atoms with Crippen molar-refractivity contribution in [2.75, 3.05) is 26.2 Å². The predicted molar refractivity (Wildman–Crippen MR) is 84.3 cm³/mol. The van der Waals surface area contributed by atoms with Crippen LogP contribution in [-0.4, -0.2) is 42.2 Å². The van der Waals surface area contributed by atoms with E-state index in [1.165, 1.54) is 0 Å². The van der Waals surface area contributed by atoms with Crippen molar-refractivity contribution >= 4 is 40.7 Å². The fourth-order valence-corrected chi connectivity index (χ4v) is 2.60. The molecule has 21 heavy (non-hydrogen) atoms. The Morgan fingerprint density at radius 1 is 1.24 bits per heavy atom. The van der Waals surface area contributed by atoms with Crippen LogP contribution in [0.25, 0.3) is 0 Å². The topological polar surface area (TPSA) is 28.2 Å². The van der Waals surface area contributed by atoms with Crippen molar-refractivity contribution in [3.63, 3.8) is 0 Å². The van der Waals surface area contributed by atoms with Crippen molar-refractivity contribution in [2.24, 2.45) is 0 Å². The van der Waals surface area contributed by atoms with Gasteiger partial charge >= 0.3 is 6.18 Å². The quantitative estimate of drug-likeness (QED) is 0.772. The fraction of sp³-hybridized carbons (Fsp3) is 0.583. The normalized spacial score (nSPS) is 17.5. The number of hydrogen-bond donors (Lipinski definition) is 1. The Hall–Kier alpha value is -0.0800. The Balaban J connectivity index is 0.00000200. The summed E-state index contributed by atoms with van der Waals surface area (Å²) in [6.45, 7) is 2.63. The summed E-state index contributed by atoms with van der Waals surface area (Å²) < 4.78 is 38.9. The number of piperazine rings is 1. The third-order valence-electron chi connectivity index (χ3n) is 3.10. The molecule has 122 valence electrons. The number of halogens is 6. The minimum absolute atomic E-state index is 0. The van der Waals surface area contributed by atoms with Crippen LogP contribution in [0.5, 0.6) is 0 Å². The summed E-state index contributed by atoms with van der Waals surface area (Å²) >= 11 is 3.21. The number of nitrogens with one attached hydrogen (secondary N) is 1. The van der Waals surface area contributed by atoms with Gasteiger partial charge in [0.05, 0.1) is 18.2 Å². The summed E-state index contributed by atoms with van der Waals surface area (Å²) in [5, 5.41) is 3.14. The maximum atomic E-state index is 12.8. The molecule has 0 radical (unpaired) electrons. The van der Waals surface area contributed by atoms with Gasteiger partial charge in [0, 0.05) is 26.2 Å². The highest BCUT2D eigenvalue weighted by Crippen LogP contribution is 2.33. The molecule has 0 bridgehead atoms. The van der Waals surface area contributed by atoms with Gasteiger partial charge in [-0.2, -0.15) is 13.2 Å². The fourth-order valence-electron chi connectivity index (χ4n) is 2.24. The van der Waals surface area contributed by atoms with E-state index in [0.29, 0.717) is 36.5 Å². The molecular formula is C12H17BrCl2F3N3. The zero-order chi connectivity index (χ0) is 13.9. The lowest BCUT2D eigenvalue weighted by Crippen LogP contribution is -2.46. The van der Waals surface area contributed by atoms with Crippen LogP contribution < -0.4 is 5.32 Å². The number of alkyl halides is 3. The first-order chi connectivity index (χ1) is 8.96. The molecule has 1 atom stereocenters. The van der Waals surface area contributed by atoms with Crippen LogP contribution in [0.2, 0.25) is 0 Å². The van der Waals surface area contributed by atoms with Crippen LogP contribution in [0, 0.1) is 0 Å². The van der Waals surface area contributed by atoms with E-state index in [-0.39, 0.29) is 24.8 Å². The van der Waals surface area contributed by atoms with Gasteiger partial charge in [0.25, 0.3) is 0 Å². The van der Waals surface area contributed by atoms with Crippen LogP contribution in [0.1, 0.15) is 18.2 Å². The highest BCUT2D eigenvalue weighted by atomic mass is 79.9. The molecule has 1 N–H and O–H groups in total. The van der Waals surface area contributed by atoms with Crippen molar-refractivity contribution in [2.45, 2.75) is 18.6 Å². The molecule has 1 aliphatic rings. The summed E-state index contributed by atoms with van der Waals surface area (Å²) in [6.07, 6.45) is -5.06. The van der Waals surface area contributed by atoms with E-state index in [0.717, 1.165) is 0 Å². The number of pyridine rings is 1. The minimum Gasteiger partial charge on any atom is -0.314 e. The minimum atomic E-state index is -4.19. The van der Waals surface area contributed by atoms with Crippen LogP contribution in [0.4, 0.5) is 13.2 Å². The van der Waals surface area contributed by atoms with E-state index in [1.807, 2.05) is 4.90 Å². The van der Waals surface area contributed by atoms with Gasteiger partial charge in [-0.3, -0.25) is 4.90 Å². The van der Waals surface area contributed by atoms with Crippen molar-refractivity contribution in [3.05, 3.63) is 28.5 Å². The third-order valence-corrected chi connectivity index (χ3v) is 3.54. The second-order valence-corrected chi connectivity index (χ2v) is 5.32. The molecule has 3 nitrogen and oxygen atoms in total. The molecule has 1 aliphatic heterocycles. The second-order valence-electron chi connectivity index (χ2n) is 4.51. The van der Waals surface area contributed by atoms with Gasteiger partial charge in [0.15, 0.2) is 0 Å². The molecule has 1 fully saturated rings. The van der Waals surface area contributed by atoms with E-state index >= 15 is 0 Å². The molecule has 1 aromatic heterocycles. The molecule has 9 heteroatoms. The Kier molecular flexibility index (Phi) is 9.11. The summed E-state index contributed by atoms with van der Waals surface area (Å²) in [6, 6.07) is 4.38. The smallest absolute Gasteiger partial charge is 0.314 e. The van der Waals surface area contributed by atoms with Gasteiger partial charge < -0.3 is 5.32 Å². The molecule has 0 unspecified atom stereocenters. The van der Waals surface area contributed by atoms with Gasteiger partial charge in [-0.15, -0.1) is 24.8 Å². The molecule has 0 saturated carbocycles. The Labute approximate surface area is 142 Å². The first-order valence-electron chi connectivity index (χ1n) is 6.10. The monoisotopic (exact) mass is 409 g/mol. The lowest BCUT2D eigenvalue weighted by molar-refractivity contribution is -0.149.